The maximum Gasteiger partial charge on any atom is 0.124 e. The number of ether oxygens (including phenoxy) is 1. The van der Waals surface area contributed by atoms with Crippen LogP contribution >= 0.6 is 0 Å². The number of hydrogen-bond donors (Lipinski definition) is 1. The lowest BCUT2D eigenvalue weighted by Gasteiger charge is -2.28. The van der Waals surface area contributed by atoms with E-state index >= 15 is 0 Å². The second-order valence-electron chi connectivity index (χ2n) is 4.15. The highest BCUT2D eigenvalue weighted by Gasteiger charge is 2.24. The van der Waals surface area contributed by atoms with Crippen LogP contribution in [0.5, 0.6) is 5.75 Å². The van der Waals surface area contributed by atoms with Gasteiger partial charge in [-0.1, -0.05) is 12.5 Å². The van der Waals surface area contributed by atoms with Gasteiger partial charge in [-0.2, -0.15) is 5.26 Å². The predicted molar refractivity (Wildman–Crippen MR) is 60.0 cm³/mol. The maximum absolute atomic E-state index is 9.77. The number of nitrogens with zero attached hydrogens (tertiary/aromatic N) is 1. The van der Waals surface area contributed by atoms with Crippen molar-refractivity contribution in [1.29, 1.82) is 5.26 Å². The molecule has 1 saturated carbocycles. The third-order valence-electron chi connectivity index (χ3n) is 2.92. The zero-order valence-electron chi connectivity index (χ0n) is 9.10. The Balaban J connectivity index is 2.05. The number of rotatable bonds is 2. The van der Waals surface area contributed by atoms with E-state index in [1.807, 2.05) is 6.07 Å². The van der Waals surface area contributed by atoms with E-state index in [0.29, 0.717) is 11.3 Å². The van der Waals surface area contributed by atoms with Crippen molar-refractivity contribution in [3.8, 4) is 11.8 Å². The van der Waals surface area contributed by atoms with Crippen molar-refractivity contribution in [2.45, 2.75) is 37.9 Å². The molecule has 1 N–H and O–H groups in total. The number of aliphatic hydroxyl groups is 1. The van der Waals surface area contributed by atoms with Crippen molar-refractivity contribution in [2.24, 2.45) is 0 Å². The summed E-state index contributed by atoms with van der Waals surface area (Å²) in [5.74, 6) is 0.671. The second kappa shape index (κ2) is 5.00. The van der Waals surface area contributed by atoms with Crippen molar-refractivity contribution < 1.29 is 9.84 Å². The monoisotopic (exact) mass is 217 g/mol. The van der Waals surface area contributed by atoms with Gasteiger partial charge in [0.05, 0.1) is 17.7 Å². The van der Waals surface area contributed by atoms with Gasteiger partial charge >= 0.3 is 0 Å². The van der Waals surface area contributed by atoms with Gasteiger partial charge in [0, 0.05) is 0 Å². The summed E-state index contributed by atoms with van der Waals surface area (Å²) in [7, 11) is 0. The summed E-state index contributed by atoms with van der Waals surface area (Å²) in [4.78, 5) is 0. The number of hydrogen-bond acceptors (Lipinski definition) is 3. The molecule has 3 nitrogen and oxygen atoms in total. The van der Waals surface area contributed by atoms with Gasteiger partial charge in [-0.25, -0.2) is 0 Å². The molecule has 0 radical (unpaired) electrons. The summed E-state index contributed by atoms with van der Waals surface area (Å²) in [6, 6.07) is 9.14. The molecule has 0 bridgehead atoms. The average Bonchev–Trinajstić information content (AvgIpc) is 2.32. The van der Waals surface area contributed by atoms with E-state index in [1.165, 1.54) is 0 Å². The summed E-state index contributed by atoms with van der Waals surface area (Å²) < 4.78 is 5.71. The van der Waals surface area contributed by atoms with E-state index in [-0.39, 0.29) is 12.2 Å². The normalized spacial score (nSPS) is 24.8. The van der Waals surface area contributed by atoms with Crippen molar-refractivity contribution in [3.05, 3.63) is 29.8 Å². The third kappa shape index (κ3) is 2.53. The highest BCUT2D eigenvalue weighted by atomic mass is 16.5. The van der Waals surface area contributed by atoms with Crippen LogP contribution in [-0.2, 0) is 0 Å². The Morgan fingerprint density at radius 1 is 1.31 bits per heavy atom. The van der Waals surface area contributed by atoms with Gasteiger partial charge in [0.2, 0.25) is 0 Å². The van der Waals surface area contributed by atoms with Gasteiger partial charge in [0.15, 0.2) is 0 Å². The van der Waals surface area contributed by atoms with Gasteiger partial charge in [0.25, 0.3) is 0 Å². The fourth-order valence-electron chi connectivity index (χ4n) is 2.03. The van der Waals surface area contributed by atoms with Crippen LogP contribution in [-0.4, -0.2) is 17.3 Å². The van der Waals surface area contributed by atoms with Crippen molar-refractivity contribution >= 4 is 0 Å². The molecular formula is C13H15NO2. The van der Waals surface area contributed by atoms with Crippen LogP contribution < -0.4 is 4.74 Å². The Hall–Kier alpha value is -1.53. The lowest BCUT2D eigenvalue weighted by molar-refractivity contribution is 0.00686. The highest BCUT2D eigenvalue weighted by Crippen LogP contribution is 2.24. The van der Waals surface area contributed by atoms with Crippen molar-refractivity contribution in [2.75, 3.05) is 0 Å². The molecule has 2 atom stereocenters. The summed E-state index contributed by atoms with van der Waals surface area (Å²) in [5.41, 5.74) is 0.586. The molecule has 84 valence electrons. The van der Waals surface area contributed by atoms with Gasteiger partial charge < -0.3 is 9.84 Å². The molecule has 0 amide bonds. The maximum atomic E-state index is 9.77. The fraction of sp³-hybridized carbons (Fsp3) is 0.462. The predicted octanol–water partition coefficient (Wildman–Crippen LogP) is 2.24. The first-order valence-electron chi connectivity index (χ1n) is 5.64. The molecule has 0 spiro atoms. The van der Waals surface area contributed by atoms with Crippen LogP contribution in [0.15, 0.2) is 24.3 Å². The minimum Gasteiger partial charge on any atom is -0.488 e. The molecule has 16 heavy (non-hydrogen) atoms. The molecule has 1 aliphatic rings. The van der Waals surface area contributed by atoms with Crippen LogP contribution in [0.3, 0.4) is 0 Å². The Morgan fingerprint density at radius 3 is 2.88 bits per heavy atom. The summed E-state index contributed by atoms with van der Waals surface area (Å²) in [6.45, 7) is 0. The third-order valence-corrected chi connectivity index (χ3v) is 2.92. The molecule has 2 rings (SSSR count). The number of benzene rings is 1. The van der Waals surface area contributed by atoms with Gasteiger partial charge in [-0.15, -0.1) is 0 Å². The Kier molecular flexibility index (Phi) is 3.43. The molecule has 1 aromatic rings. The number of aliphatic hydroxyl groups excluding tert-OH is 1. The Labute approximate surface area is 95.3 Å². The topological polar surface area (TPSA) is 53.2 Å². The van der Waals surface area contributed by atoms with Crippen LogP contribution in [0.1, 0.15) is 31.2 Å². The molecular weight excluding hydrogens is 202 g/mol. The quantitative estimate of drug-likeness (QED) is 0.826. The molecule has 0 unspecified atom stereocenters. The van der Waals surface area contributed by atoms with Crippen LogP contribution in [0.2, 0.25) is 0 Å². The van der Waals surface area contributed by atoms with E-state index in [1.54, 1.807) is 18.2 Å². The lowest BCUT2D eigenvalue weighted by atomic mass is 9.95. The Morgan fingerprint density at radius 2 is 2.12 bits per heavy atom. The first-order valence-corrected chi connectivity index (χ1v) is 5.64. The fourth-order valence-corrected chi connectivity index (χ4v) is 2.03. The van der Waals surface area contributed by atoms with Crippen molar-refractivity contribution in [3.63, 3.8) is 0 Å². The SMILES string of the molecule is N#Cc1cccc(O[C@@H]2CCCC[C@H]2O)c1. The van der Waals surface area contributed by atoms with Crippen LogP contribution in [0.4, 0.5) is 0 Å². The molecule has 1 aromatic carbocycles. The average molecular weight is 217 g/mol. The van der Waals surface area contributed by atoms with Crippen molar-refractivity contribution in [1.82, 2.24) is 0 Å². The van der Waals surface area contributed by atoms with E-state index in [9.17, 15) is 5.11 Å². The molecule has 0 aliphatic heterocycles. The molecule has 0 aromatic heterocycles. The molecule has 1 aliphatic carbocycles. The zero-order chi connectivity index (χ0) is 11.4. The minimum atomic E-state index is -0.375. The first kappa shape index (κ1) is 11.0. The first-order chi connectivity index (χ1) is 7.79. The molecule has 0 heterocycles. The standard InChI is InChI=1S/C13H15NO2/c14-9-10-4-3-5-11(8-10)16-13-7-2-1-6-12(13)15/h3-5,8,12-13,15H,1-2,6-7H2/t12-,13-/m1/s1. The van der Waals surface area contributed by atoms with Gasteiger partial charge in [0.1, 0.15) is 11.9 Å². The van der Waals surface area contributed by atoms with Gasteiger partial charge in [-0.3, -0.25) is 0 Å². The molecule has 1 fully saturated rings. The summed E-state index contributed by atoms with van der Waals surface area (Å²) in [6.07, 6.45) is 3.36. The van der Waals surface area contributed by atoms with Crippen LogP contribution in [0.25, 0.3) is 0 Å². The largest absolute Gasteiger partial charge is 0.488 e. The Bertz CT molecular complexity index is 397. The molecule has 0 saturated heterocycles. The van der Waals surface area contributed by atoms with Crippen LogP contribution in [0, 0.1) is 11.3 Å². The second-order valence-corrected chi connectivity index (χ2v) is 4.15. The van der Waals surface area contributed by atoms with E-state index in [2.05, 4.69) is 6.07 Å². The van der Waals surface area contributed by atoms with E-state index in [4.69, 9.17) is 10.00 Å². The minimum absolute atomic E-state index is 0.123. The highest BCUT2D eigenvalue weighted by molar-refractivity contribution is 5.36. The molecule has 3 heteroatoms. The smallest absolute Gasteiger partial charge is 0.124 e. The summed E-state index contributed by atoms with van der Waals surface area (Å²) in [5, 5.41) is 18.5. The lowest BCUT2D eigenvalue weighted by Crippen LogP contribution is -2.34. The number of nitriles is 1. The van der Waals surface area contributed by atoms with E-state index < -0.39 is 0 Å². The summed E-state index contributed by atoms with van der Waals surface area (Å²) >= 11 is 0. The van der Waals surface area contributed by atoms with E-state index in [0.717, 1.165) is 25.7 Å². The zero-order valence-corrected chi connectivity index (χ0v) is 9.10. The van der Waals surface area contributed by atoms with Gasteiger partial charge in [-0.05, 0) is 37.5 Å².